The number of hydrogen-bond acceptors (Lipinski definition) is 2. The summed E-state index contributed by atoms with van der Waals surface area (Å²) < 4.78 is 26.0. The van der Waals surface area contributed by atoms with E-state index < -0.39 is 11.6 Å². The van der Waals surface area contributed by atoms with Gasteiger partial charge in [-0.25, -0.2) is 8.78 Å². The van der Waals surface area contributed by atoms with Gasteiger partial charge in [-0.2, -0.15) is 0 Å². The third kappa shape index (κ3) is 4.45. The lowest BCUT2D eigenvalue weighted by atomic mass is 9.89. The van der Waals surface area contributed by atoms with Crippen LogP contribution >= 0.6 is 0 Å². The lowest BCUT2D eigenvalue weighted by molar-refractivity contribution is 0.0862. The number of hydrogen-bond donors (Lipinski definition) is 2. The van der Waals surface area contributed by atoms with Crippen molar-refractivity contribution in [1.82, 2.24) is 10.6 Å². The summed E-state index contributed by atoms with van der Waals surface area (Å²) in [5.41, 5.74) is 0.751. The Morgan fingerprint density at radius 3 is 1.38 bits per heavy atom. The molecule has 2 aromatic rings. The van der Waals surface area contributed by atoms with Crippen LogP contribution in [0.25, 0.3) is 0 Å². The van der Waals surface area contributed by atoms with Gasteiger partial charge in [0.2, 0.25) is 0 Å². The number of benzene rings is 2. The summed E-state index contributed by atoms with van der Waals surface area (Å²) in [5, 5.41) is 5.87. The molecule has 2 atom stereocenters. The Morgan fingerprint density at radius 1 is 0.692 bits per heavy atom. The van der Waals surface area contributed by atoms with Gasteiger partial charge in [0.05, 0.1) is 0 Å². The monoisotopic (exact) mass is 358 g/mol. The number of nitrogens with one attached hydrogen (secondary N) is 2. The van der Waals surface area contributed by atoms with Crippen molar-refractivity contribution >= 4 is 11.8 Å². The van der Waals surface area contributed by atoms with Gasteiger partial charge in [-0.05, 0) is 61.4 Å². The molecule has 136 valence electrons. The van der Waals surface area contributed by atoms with E-state index in [0.29, 0.717) is 11.1 Å². The summed E-state index contributed by atoms with van der Waals surface area (Å²) in [6, 6.07) is 10.3. The van der Waals surface area contributed by atoms with E-state index in [0.717, 1.165) is 25.7 Å². The normalized spacial score (nSPS) is 19.6. The third-order valence-electron chi connectivity index (χ3n) is 4.61. The summed E-state index contributed by atoms with van der Waals surface area (Å²) in [7, 11) is 0. The molecule has 2 amide bonds. The fraction of sp³-hybridized carbons (Fsp3) is 0.300. The van der Waals surface area contributed by atoms with E-state index in [-0.39, 0.29) is 23.9 Å². The fourth-order valence-corrected chi connectivity index (χ4v) is 3.18. The molecule has 0 saturated heterocycles. The molecule has 26 heavy (non-hydrogen) atoms. The Labute approximate surface area is 150 Å². The molecule has 0 bridgehead atoms. The molecule has 2 aromatic carbocycles. The fourth-order valence-electron chi connectivity index (χ4n) is 3.18. The molecule has 0 unspecified atom stereocenters. The molecule has 0 spiro atoms. The van der Waals surface area contributed by atoms with Crippen molar-refractivity contribution in [2.45, 2.75) is 37.8 Å². The van der Waals surface area contributed by atoms with Crippen molar-refractivity contribution in [2.24, 2.45) is 0 Å². The van der Waals surface area contributed by atoms with Crippen LogP contribution in [0.4, 0.5) is 8.78 Å². The molecule has 0 heterocycles. The van der Waals surface area contributed by atoms with Gasteiger partial charge in [0, 0.05) is 23.2 Å². The molecule has 4 nitrogen and oxygen atoms in total. The molecular weight excluding hydrogens is 338 g/mol. The average Bonchev–Trinajstić information content (AvgIpc) is 2.64. The summed E-state index contributed by atoms with van der Waals surface area (Å²) >= 11 is 0. The van der Waals surface area contributed by atoms with Crippen LogP contribution in [0.2, 0.25) is 0 Å². The second-order valence-electron chi connectivity index (χ2n) is 6.46. The highest BCUT2D eigenvalue weighted by atomic mass is 19.1. The summed E-state index contributed by atoms with van der Waals surface area (Å²) in [6.07, 6.45) is 3.41. The van der Waals surface area contributed by atoms with Crippen molar-refractivity contribution in [3.8, 4) is 0 Å². The Balaban J connectivity index is 1.65. The molecule has 1 aliphatic carbocycles. The molecule has 1 aliphatic rings. The number of amides is 2. The second-order valence-corrected chi connectivity index (χ2v) is 6.46. The van der Waals surface area contributed by atoms with Crippen molar-refractivity contribution < 1.29 is 18.4 Å². The quantitative estimate of drug-likeness (QED) is 0.880. The number of carbonyl (C=O) groups excluding carboxylic acids is 2. The predicted molar refractivity (Wildman–Crippen MR) is 93.8 cm³/mol. The highest BCUT2D eigenvalue weighted by molar-refractivity contribution is 5.95. The highest BCUT2D eigenvalue weighted by Crippen LogP contribution is 2.20. The zero-order valence-corrected chi connectivity index (χ0v) is 14.2. The first-order valence-electron chi connectivity index (χ1n) is 8.66. The molecule has 1 saturated carbocycles. The highest BCUT2D eigenvalue weighted by Gasteiger charge is 2.28. The van der Waals surface area contributed by atoms with Crippen LogP contribution in [0.3, 0.4) is 0 Å². The van der Waals surface area contributed by atoms with Gasteiger partial charge in [-0.15, -0.1) is 0 Å². The van der Waals surface area contributed by atoms with Gasteiger partial charge < -0.3 is 10.6 Å². The van der Waals surface area contributed by atoms with Crippen LogP contribution in [0.1, 0.15) is 46.4 Å². The third-order valence-corrected chi connectivity index (χ3v) is 4.61. The largest absolute Gasteiger partial charge is 0.347 e. The van der Waals surface area contributed by atoms with Gasteiger partial charge in [-0.1, -0.05) is 12.8 Å². The second kappa shape index (κ2) is 8.08. The van der Waals surface area contributed by atoms with Crippen LogP contribution in [-0.4, -0.2) is 23.9 Å². The van der Waals surface area contributed by atoms with Crippen LogP contribution in [0.5, 0.6) is 0 Å². The van der Waals surface area contributed by atoms with E-state index in [1.807, 2.05) is 0 Å². The molecule has 3 rings (SSSR count). The zero-order chi connectivity index (χ0) is 18.5. The predicted octanol–water partition coefficient (Wildman–Crippen LogP) is 3.44. The SMILES string of the molecule is O=C(N[C@@H]1CCCC[C@H]1NC(=O)c1ccc(F)cc1)c1ccc(F)cc1. The van der Waals surface area contributed by atoms with Crippen LogP contribution in [0, 0.1) is 11.6 Å². The minimum absolute atomic E-state index is 0.203. The van der Waals surface area contributed by atoms with Gasteiger partial charge in [0.25, 0.3) is 11.8 Å². The Kier molecular flexibility index (Phi) is 5.61. The maximum Gasteiger partial charge on any atom is 0.251 e. The van der Waals surface area contributed by atoms with Crippen molar-refractivity contribution in [1.29, 1.82) is 0 Å². The van der Waals surface area contributed by atoms with E-state index in [9.17, 15) is 18.4 Å². The Hall–Kier alpha value is -2.76. The first kappa shape index (κ1) is 18.0. The molecule has 6 heteroatoms. The van der Waals surface area contributed by atoms with E-state index in [1.54, 1.807) is 0 Å². The smallest absolute Gasteiger partial charge is 0.251 e. The maximum absolute atomic E-state index is 13.0. The first-order chi connectivity index (χ1) is 12.5. The van der Waals surface area contributed by atoms with Crippen LogP contribution in [-0.2, 0) is 0 Å². The van der Waals surface area contributed by atoms with Gasteiger partial charge in [0.15, 0.2) is 0 Å². The Bertz CT molecular complexity index is 708. The summed E-state index contributed by atoms with van der Waals surface area (Å²) in [6.45, 7) is 0. The van der Waals surface area contributed by atoms with Crippen molar-refractivity contribution in [3.05, 3.63) is 71.3 Å². The number of carbonyl (C=O) groups is 2. The summed E-state index contributed by atoms with van der Waals surface area (Å²) in [4.78, 5) is 24.8. The van der Waals surface area contributed by atoms with E-state index in [1.165, 1.54) is 48.5 Å². The maximum atomic E-state index is 13.0. The molecule has 0 radical (unpaired) electrons. The Morgan fingerprint density at radius 2 is 1.04 bits per heavy atom. The summed E-state index contributed by atoms with van der Waals surface area (Å²) in [5.74, 6) is -1.39. The van der Waals surface area contributed by atoms with Crippen molar-refractivity contribution in [2.75, 3.05) is 0 Å². The van der Waals surface area contributed by atoms with Gasteiger partial charge in [-0.3, -0.25) is 9.59 Å². The van der Waals surface area contributed by atoms with Crippen LogP contribution in [0.15, 0.2) is 48.5 Å². The average molecular weight is 358 g/mol. The van der Waals surface area contributed by atoms with E-state index in [2.05, 4.69) is 10.6 Å². The molecule has 1 fully saturated rings. The van der Waals surface area contributed by atoms with Crippen molar-refractivity contribution in [3.63, 3.8) is 0 Å². The first-order valence-corrected chi connectivity index (χ1v) is 8.66. The lowest BCUT2D eigenvalue weighted by Crippen LogP contribution is -2.53. The van der Waals surface area contributed by atoms with Crippen LogP contribution < -0.4 is 10.6 Å². The molecular formula is C20H20F2N2O2. The van der Waals surface area contributed by atoms with E-state index in [4.69, 9.17) is 0 Å². The minimum Gasteiger partial charge on any atom is -0.347 e. The minimum atomic E-state index is -0.399. The molecule has 2 N–H and O–H groups in total. The standard InChI is InChI=1S/C20H20F2N2O2/c21-15-9-5-13(6-10-15)19(25)23-17-3-1-2-4-18(17)24-20(26)14-7-11-16(22)12-8-14/h5-12,17-18H,1-4H2,(H,23,25)(H,24,26)/t17-,18-/m1/s1. The van der Waals surface area contributed by atoms with Gasteiger partial charge >= 0.3 is 0 Å². The zero-order valence-electron chi connectivity index (χ0n) is 14.2. The van der Waals surface area contributed by atoms with E-state index >= 15 is 0 Å². The molecule has 0 aliphatic heterocycles. The number of rotatable bonds is 4. The number of halogens is 2. The topological polar surface area (TPSA) is 58.2 Å². The lowest BCUT2D eigenvalue weighted by Gasteiger charge is -2.32. The van der Waals surface area contributed by atoms with Gasteiger partial charge in [0.1, 0.15) is 11.6 Å². The molecule has 0 aromatic heterocycles.